The highest BCUT2D eigenvalue weighted by atomic mass is 16.2. The van der Waals surface area contributed by atoms with Gasteiger partial charge in [0.1, 0.15) is 11.5 Å². The molecule has 4 aromatic heterocycles. The van der Waals surface area contributed by atoms with Crippen LogP contribution in [-0.2, 0) is 0 Å². The van der Waals surface area contributed by atoms with E-state index in [0.29, 0.717) is 35.4 Å². The molecule has 0 aliphatic carbocycles. The quantitative estimate of drug-likeness (QED) is 0.318. The van der Waals surface area contributed by atoms with Crippen LogP contribution in [0.4, 0.5) is 5.82 Å². The number of nitrogens with two attached hydrogens (primary N) is 1. The number of H-pyrrole nitrogens is 1. The number of hydrogen-bond donors (Lipinski definition) is 2. The molecule has 5 aromatic rings. The summed E-state index contributed by atoms with van der Waals surface area (Å²) in [4.78, 5) is 44.8. The van der Waals surface area contributed by atoms with Crippen molar-refractivity contribution < 1.29 is 9.59 Å². The topological polar surface area (TPSA) is 135 Å². The average Bonchev–Trinajstić information content (AvgIpc) is 3.71. The van der Waals surface area contributed by atoms with Gasteiger partial charge < -0.3 is 15.6 Å². The van der Waals surface area contributed by atoms with Crippen molar-refractivity contribution in [1.82, 2.24) is 34.4 Å². The monoisotopic (exact) mass is 532 g/mol. The summed E-state index contributed by atoms with van der Waals surface area (Å²) in [5.41, 5.74) is 12.3. The second-order valence-electron chi connectivity index (χ2n) is 10.6. The lowest BCUT2D eigenvalue weighted by Gasteiger charge is -2.39. The number of nitrogens with zero attached hydrogens (tertiary/aromatic N) is 6. The zero-order valence-corrected chi connectivity index (χ0v) is 22.0. The Balaban J connectivity index is 1.26. The number of carbonyl (C=O) groups excluding carboxylic acids is 2. The lowest BCUT2D eigenvalue weighted by Crippen LogP contribution is -2.46. The molecular formula is C30H28N8O2. The number of nitrogen functional groups attached to an aromatic ring is 1. The highest BCUT2D eigenvalue weighted by Crippen LogP contribution is 2.45. The number of amides is 1. The number of aromatic amines is 1. The molecule has 1 amide bonds. The summed E-state index contributed by atoms with van der Waals surface area (Å²) < 4.78 is 1.55. The van der Waals surface area contributed by atoms with Crippen LogP contribution in [0.5, 0.6) is 0 Å². The Morgan fingerprint density at radius 3 is 2.40 bits per heavy atom. The van der Waals surface area contributed by atoms with Crippen molar-refractivity contribution in [2.24, 2.45) is 0 Å². The fraction of sp³-hybridized carbons (Fsp3) is 0.267. The van der Waals surface area contributed by atoms with E-state index in [-0.39, 0.29) is 35.5 Å². The number of anilines is 1. The molecular weight excluding hydrogens is 504 g/mol. The van der Waals surface area contributed by atoms with Gasteiger partial charge in [-0.3, -0.25) is 14.6 Å². The molecule has 2 aliphatic rings. The number of rotatable bonds is 5. The van der Waals surface area contributed by atoms with Crippen LogP contribution in [0.2, 0.25) is 0 Å². The third-order valence-electron chi connectivity index (χ3n) is 8.28. The van der Waals surface area contributed by atoms with Crippen LogP contribution in [-0.4, -0.2) is 58.2 Å². The first kappa shape index (κ1) is 24.2. The number of carbonyl (C=O) groups is 2. The minimum Gasteiger partial charge on any atom is -0.383 e. The summed E-state index contributed by atoms with van der Waals surface area (Å²) in [7, 11) is 0. The molecule has 2 saturated heterocycles. The van der Waals surface area contributed by atoms with Crippen molar-refractivity contribution >= 4 is 23.2 Å². The smallest absolute Gasteiger partial charge is 0.274 e. The molecule has 2 bridgehead atoms. The number of ketones is 1. The van der Waals surface area contributed by atoms with Crippen LogP contribution in [0.25, 0.3) is 28.0 Å². The second kappa shape index (κ2) is 9.41. The molecule has 0 unspecified atom stereocenters. The third kappa shape index (κ3) is 3.86. The molecule has 0 spiro atoms. The Kier molecular flexibility index (Phi) is 5.69. The molecule has 0 saturated carbocycles. The van der Waals surface area contributed by atoms with Gasteiger partial charge >= 0.3 is 0 Å². The minimum absolute atomic E-state index is 0.00624. The van der Waals surface area contributed by atoms with Crippen molar-refractivity contribution in [2.45, 2.75) is 50.6 Å². The van der Waals surface area contributed by atoms with E-state index in [2.05, 4.69) is 20.1 Å². The van der Waals surface area contributed by atoms with Crippen LogP contribution in [0.15, 0.2) is 67.4 Å². The van der Waals surface area contributed by atoms with Gasteiger partial charge in [-0.05, 0) is 38.7 Å². The number of benzene rings is 1. The van der Waals surface area contributed by atoms with Crippen molar-refractivity contribution in [3.8, 4) is 22.4 Å². The minimum atomic E-state index is -0.143. The molecule has 7 rings (SSSR count). The summed E-state index contributed by atoms with van der Waals surface area (Å²) >= 11 is 0. The van der Waals surface area contributed by atoms with Crippen molar-refractivity contribution in [3.05, 3.63) is 84.3 Å². The largest absolute Gasteiger partial charge is 0.383 e. The van der Waals surface area contributed by atoms with Gasteiger partial charge in [0.2, 0.25) is 0 Å². The SMILES string of the molecule is CC(=O)c1c([C@H]2C[C@H]3CC[C@@H](C2)N3C(=O)c2c[nH]cn2)nc2c(-c3ccc(-c4ccccc4)nc3)cnn2c1N. The number of hydrogen-bond acceptors (Lipinski definition) is 7. The third-order valence-corrected chi connectivity index (χ3v) is 8.28. The first-order chi connectivity index (χ1) is 19.5. The van der Waals surface area contributed by atoms with Gasteiger partial charge in [0.15, 0.2) is 11.4 Å². The first-order valence-corrected chi connectivity index (χ1v) is 13.5. The number of Topliss-reactive ketones (excluding diaryl/α,β-unsaturated/α-hetero) is 1. The maximum absolute atomic E-state index is 13.2. The molecule has 2 fully saturated rings. The van der Waals surface area contributed by atoms with Gasteiger partial charge in [0, 0.05) is 47.1 Å². The summed E-state index contributed by atoms with van der Waals surface area (Å²) in [5.74, 6) is 0.0879. The van der Waals surface area contributed by atoms with Crippen LogP contribution in [0.1, 0.15) is 65.1 Å². The first-order valence-electron chi connectivity index (χ1n) is 13.5. The van der Waals surface area contributed by atoms with Crippen LogP contribution in [0, 0.1) is 0 Å². The molecule has 200 valence electrons. The fourth-order valence-corrected chi connectivity index (χ4v) is 6.47. The van der Waals surface area contributed by atoms with E-state index in [4.69, 9.17) is 10.7 Å². The summed E-state index contributed by atoms with van der Waals surface area (Å²) in [5, 5.41) is 4.50. The van der Waals surface area contributed by atoms with Gasteiger partial charge in [-0.2, -0.15) is 9.61 Å². The maximum atomic E-state index is 13.2. The highest BCUT2D eigenvalue weighted by molar-refractivity contribution is 6.00. The zero-order chi connectivity index (χ0) is 27.4. The summed E-state index contributed by atoms with van der Waals surface area (Å²) in [6.45, 7) is 1.52. The number of fused-ring (bicyclic) bond motifs is 3. The van der Waals surface area contributed by atoms with Gasteiger partial charge in [-0.15, -0.1) is 0 Å². The number of piperidine rings is 1. The predicted octanol–water partition coefficient (Wildman–Crippen LogP) is 4.52. The Bertz CT molecular complexity index is 1710. The number of aromatic nitrogens is 6. The van der Waals surface area contributed by atoms with Crippen molar-refractivity contribution in [3.63, 3.8) is 0 Å². The number of nitrogens with one attached hydrogen (secondary N) is 1. The Morgan fingerprint density at radius 2 is 1.75 bits per heavy atom. The molecule has 3 N–H and O–H groups in total. The average molecular weight is 533 g/mol. The Hall–Kier alpha value is -4.86. The summed E-state index contributed by atoms with van der Waals surface area (Å²) in [6.07, 6.45) is 9.97. The Labute approximate surface area is 230 Å². The van der Waals surface area contributed by atoms with Gasteiger partial charge in [0.25, 0.3) is 5.91 Å². The van der Waals surface area contributed by atoms with Gasteiger partial charge in [-0.25, -0.2) is 9.97 Å². The maximum Gasteiger partial charge on any atom is 0.274 e. The molecule has 2 aliphatic heterocycles. The number of imidazole rings is 1. The second-order valence-corrected chi connectivity index (χ2v) is 10.6. The van der Waals surface area contributed by atoms with E-state index in [1.807, 2.05) is 53.6 Å². The van der Waals surface area contributed by atoms with Gasteiger partial charge in [0.05, 0.1) is 29.5 Å². The molecule has 40 heavy (non-hydrogen) atoms. The van der Waals surface area contributed by atoms with E-state index in [1.54, 1.807) is 16.9 Å². The lowest BCUT2D eigenvalue weighted by atomic mass is 9.85. The highest BCUT2D eigenvalue weighted by Gasteiger charge is 2.45. The Morgan fingerprint density at radius 1 is 0.975 bits per heavy atom. The normalized spacial score (nSPS) is 20.2. The molecule has 1 aromatic carbocycles. The van der Waals surface area contributed by atoms with E-state index >= 15 is 0 Å². The molecule has 6 heterocycles. The van der Waals surface area contributed by atoms with Crippen LogP contribution in [0.3, 0.4) is 0 Å². The lowest BCUT2D eigenvalue weighted by molar-refractivity contribution is 0.0563. The predicted molar refractivity (Wildman–Crippen MR) is 150 cm³/mol. The van der Waals surface area contributed by atoms with Gasteiger partial charge in [-0.1, -0.05) is 36.4 Å². The molecule has 0 radical (unpaired) electrons. The zero-order valence-electron chi connectivity index (χ0n) is 22.0. The van der Waals surface area contributed by atoms with Crippen LogP contribution >= 0.6 is 0 Å². The van der Waals surface area contributed by atoms with Crippen molar-refractivity contribution in [1.29, 1.82) is 0 Å². The van der Waals surface area contributed by atoms with E-state index in [0.717, 1.165) is 35.2 Å². The molecule has 10 heteroatoms. The van der Waals surface area contributed by atoms with E-state index in [9.17, 15) is 9.59 Å². The standard InChI is InChI=1S/C30H28N8O2/c1-17(39)26-27(20-11-21-8-9-22(12-20)37(21)30(40)25-15-32-16-34-25)36-29-23(14-35-38(29)28(26)31)19-7-10-24(33-13-19)18-5-3-2-4-6-18/h2-7,10,13-16,20-22H,8-9,11-12,31H2,1H3,(H,32,34)/t20-,21+,22-. The van der Waals surface area contributed by atoms with Crippen molar-refractivity contribution in [2.75, 3.05) is 5.73 Å². The van der Waals surface area contributed by atoms with E-state index < -0.39 is 0 Å². The number of pyridine rings is 1. The fourth-order valence-electron chi connectivity index (χ4n) is 6.47. The summed E-state index contributed by atoms with van der Waals surface area (Å²) in [6, 6.07) is 14.1. The molecule has 10 nitrogen and oxygen atoms in total. The van der Waals surface area contributed by atoms with E-state index in [1.165, 1.54) is 13.3 Å². The molecule has 3 atom stereocenters. The van der Waals surface area contributed by atoms with Crippen LogP contribution < -0.4 is 5.73 Å².